The lowest BCUT2D eigenvalue weighted by atomic mass is 10.1. The number of rotatable bonds is 2. The number of halogens is 2. The molecule has 2 N–H and O–H groups in total. The highest BCUT2D eigenvalue weighted by atomic mass is 79.9. The van der Waals surface area contributed by atoms with Crippen LogP contribution in [0.1, 0.15) is 6.42 Å². The van der Waals surface area contributed by atoms with Gasteiger partial charge >= 0.3 is 0 Å². The first-order chi connectivity index (χ1) is 7.16. The highest BCUT2D eigenvalue weighted by Gasteiger charge is 2.24. The molecule has 0 aliphatic carbocycles. The molecule has 0 unspecified atom stereocenters. The molecule has 3 nitrogen and oxygen atoms in total. The molecule has 1 amide bonds. The van der Waals surface area contributed by atoms with E-state index in [1.165, 1.54) is 12.1 Å². The van der Waals surface area contributed by atoms with Gasteiger partial charge in [-0.15, -0.1) is 0 Å². The first kappa shape index (κ1) is 10.6. The molecule has 1 aliphatic rings. The lowest BCUT2D eigenvalue weighted by Crippen LogP contribution is -2.50. The van der Waals surface area contributed by atoms with Crippen molar-refractivity contribution in [2.45, 2.75) is 12.5 Å². The SMILES string of the molecule is O=C(Nc1ccc(Br)cc1F)[C@H]1CCN1. The van der Waals surface area contributed by atoms with Crippen molar-refractivity contribution in [2.24, 2.45) is 0 Å². The molecule has 0 saturated carbocycles. The van der Waals surface area contributed by atoms with Gasteiger partial charge in [-0.3, -0.25) is 4.79 Å². The van der Waals surface area contributed by atoms with Crippen molar-refractivity contribution in [1.82, 2.24) is 5.32 Å². The maximum Gasteiger partial charge on any atom is 0.241 e. The van der Waals surface area contributed by atoms with Crippen molar-refractivity contribution in [1.29, 1.82) is 0 Å². The van der Waals surface area contributed by atoms with Gasteiger partial charge in [0.05, 0.1) is 11.7 Å². The van der Waals surface area contributed by atoms with E-state index in [0.717, 1.165) is 13.0 Å². The Bertz CT molecular complexity index is 393. The van der Waals surface area contributed by atoms with Crippen LogP contribution in [0.25, 0.3) is 0 Å². The van der Waals surface area contributed by atoms with Crippen LogP contribution in [-0.4, -0.2) is 18.5 Å². The van der Waals surface area contributed by atoms with Gasteiger partial charge in [-0.2, -0.15) is 0 Å². The largest absolute Gasteiger partial charge is 0.322 e. The molecule has 1 aromatic rings. The van der Waals surface area contributed by atoms with Gasteiger partial charge in [-0.05, 0) is 31.2 Å². The fourth-order valence-corrected chi connectivity index (χ4v) is 1.66. The van der Waals surface area contributed by atoms with Crippen LogP contribution >= 0.6 is 15.9 Å². The minimum atomic E-state index is -0.433. The standard InChI is InChI=1S/C10H10BrFN2O/c11-6-1-2-8(7(12)5-6)14-10(15)9-3-4-13-9/h1-2,5,9,13H,3-4H2,(H,14,15)/t9-/m1/s1. The minimum Gasteiger partial charge on any atom is -0.322 e. The van der Waals surface area contributed by atoms with E-state index in [4.69, 9.17) is 0 Å². The van der Waals surface area contributed by atoms with E-state index >= 15 is 0 Å². The third kappa shape index (κ3) is 2.35. The van der Waals surface area contributed by atoms with Crippen LogP contribution in [0, 0.1) is 5.82 Å². The van der Waals surface area contributed by atoms with Crippen LogP contribution < -0.4 is 10.6 Å². The van der Waals surface area contributed by atoms with Crippen LogP contribution in [0.4, 0.5) is 10.1 Å². The number of carbonyl (C=O) groups excluding carboxylic acids is 1. The van der Waals surface area contributed by atoms with E-state index in [1.807, 2.05) is 0 Å². The highest BCUT2D eigenvalue weighted by molar-refractivity contribution is 9.10. The summed E-state index contributed by atoms with van der Waals surface area (Å²) in [6, 6.07) is 4.38. The molecule has 0 spiro atoms. The molecule has 15 heavy (non-hydrogen) atoms. The monoisotopic (exact) mass is 272 g/mol. The topological polar surface area (TPSA) is 41.1 Å². The Hall–Kier alpha value is -0.940. The summed E-state index contributed by atoms with van der Waals surface area (Å²) in [4.78, 5) is 11.5. The van der Waals surface area contributed by atoms with Crippen LogP contribution in [0.2, 0.25) is 0 Å². The van der Waals surface area contributed by atoms with Crippen LogP contribution in [0.15, 0.2) is 22.7 Å². The molecule has 0 bridgehead atoms. The van der Waals surface area contributed by atoms with Crippen molar-refractivity contribution in [3.05, 3.63) is 28.5 Å². The fourth-order valence-electron chi connectivity index (χ4n) is 1.32. The van der Waals surface area contributed by atoms with Gasteiger partial charge in [-0.1, -0.05) is 15.9 Å². The van der Waals surface area contributed by atoms with Crippen molar-refractivity contribution < 1.29 is 9.18 Å². The second-order valence-electron chi connectivity index (χ2n) is 3.41. The second-order valence-corrected chi connectivity index (χ2v) is 4.32. The summed E-state index contributed by atoms with van der Waals surface area (Å²) < 4.78 is 14.0. The van der Waals surface area contributed by atoms with Gasteiger partial charge in [-0.25, -0.2) is 4.39 Å². The summed E-state index contributed by atoms with van der Waals surface area (Å²) in [5.74, 6) is -0.612. The summed E-state index contributed by atoms with van der Waals surface area (Å²) in [6.07, 6.45) is 0.810. The Balaban J connectivity index is 2.06. The molecule has 1 fully saturated rings. The second kappa shape index (κ2) is 4.28. The zero-order valence-electron chi connectivity index (χ0n) is 7.89. The zero-order chi connectivity index (χ0) is 10.8. The van der Waals surface area contributed by atoms with E-state index in [-0.39, 0.29) is 17.6 Å². The highest BCUT2D eigenvalue weighted by Crippen LogP contribution is 2.19. The lowest BCUT2D eigenvalue weighted by molar-refractivity contribution is -0.119. The quantitative estimate of drug-likeness (QED) is 0.864. The summed E-state index contributed by atoms with van der Waals surface area (Å²) in [7, 11) is 0. The number of carbonyl (C=O) groups is 1. The molecule has 0 aromatic heterocycles. The van der Waals surface area contributed by atoms with Crippen molar-refractivity contribution >= 4 is 27.5 Å². The van der Waals surface area contributed by atoms with E-state index in [1.54, 1.807) is 6.07 Å². The average Bonchev–Trinajstić information content (AvgIpc) is 2.07. The van der Waals surface area contributed by atoms with E-state index < -0.39 is 5.82 Å². The summed E-state index contributed by atoms with van der Waals surface area (Å²) in [5, 5.41) is 5.49. The van der Waals surface area contributed by atoms with Gasteiger partial charge in [0.1, 0.15) is 5.82 Å². The number of hydrogen-bond acceptors (Lipinski definition) is 2. The van der Waals surface area contributed by atoms with Crippen molar-refractivity contribution in [2.75, 3.05) is 11.9 Å². The zero-order valence-corrected chi connectivity index (χ0v) is 9.47. The molecule has 1 aromatic carbocycles. The Labute approximate surface area is 95.2 Å². The van der Waals surface area contributed by atoms with Crippen molar-refractivity contribution in [3.63, 3.8) is 0 Å². The Kier molecular flexibility index (Phi) is 3.02. The molecule has 0 radical (unpaired) electrons. The molecule has 1 saturated heterocycles. The molecular formula is C10H10BrFN2O. The predicted octanol–water partition coefficient (Wildman–Crippen LogP) is 1.89. The first-order valence-corrected chi connectivity index (χ1v) is 5.45. The van der Waals surface area contributed by atoms with Gasteiger partial charge in [0, 0.05) is 4.47 Å². The van der Waals surface area contributed by atoms with Gasteiger partial charge in [0.25, 0.3) is 0 Å². The molecular weight excluding hydrogens is 263 g/mol. The summed E-state index contributed by atoms with van der Waals surface area (Å²) >= 11 is 3.15. The normalized spacial score (nSPS) is 19.5. The van der Waals surface area contributed by atoms with Gasteiger partial charge < -0.3 is 10.6 Å². The summed E-state index contributed by atoms with van der Waals surface area (Å²) in [5.41, 5.74) is 0.219. The Morgan fingerprint density at radius 3 is 2.87 bits per heavy atom. The van der Waals surface area contributed by atoms with E-state index in [0.29, 0.717) is 4.47 Å². The fraction of sp³-hybridized carbons (Fsp3) is 0.300. The molecule has 1 atom stereocenters. The summed E-state index contributed by atoms with van der Waals surface area (Å²) in [6.45, 7) is 0.848. The lowest BCUT2D eigenvalue weighted by Gasteiger charge is -2.26. The maximum absolute atomic E-state index is 13.3. The van der Waals surface area contributed by atoms with Crippen LogP contribution in [-0.2, 0) is 4.79 Å². The van der Waals surface area contributed by atoms with E-state index in [9.17, 15) is 9.18 Å². The number of hydrogen-bond donors (Lipinski definition) is 2. The molecule has 1 heterocycles. The van der Waals surface area contributed by atoms with Gasteiger partial charge in [0.2, 0.25) is 5.91 Å². The smallest absolute Gasteiger partial charge is 0.241 e. The Morgan fingerprint density at radius 2 is 2.33 bits per heavy atom. The Morgan fingerprint density at radius 1 is 1.60 bits per heavy atom. The number of amides is 1. The molecule has 2 rings (SSSR count). The average molecular weight is 273 g/mol. The molecule has 80 valence electrons. The van der Waals surface area contributed by atoms with Crippen molar-refractivity contribution in [3.8, 4) is 0 Å². The number of benzene rings is 1. The minimum absolute atomic E-state index is 0.173. The van der Waals surface area contributed by atoms with Gasteiger partial charge in [0.15, 0.2) is 0 Å². The molecule has 1 aliphatic heterocycles. The number of nitrogens with one attached hydrogen (secondary N) is 2. The number of anilines is 1. The van der Waals surface area contributed by atoms with Crippen LogP contribution in [0.3, 0.4) is 0 Å². The van der Waals surface area contributed by atoms with E-state index in [2.05, 4.69) is 26.6 Å². The first-order valence-electron chi connectivity index (χ1n) is 4.66. The molecule has 5 heteroatoms. The third-order valence-corrected chi connectivity index (χ3v) is 2.82. The maximum atomic E-state index is 13.3. The predicted molar refractivity (Wildman–Crippen MR) is 59.1 cm³/mol. The van der Waals surface area contributed by atoms with Crippen LogP contribution in [0.5, 0.6) is 0 Å². The third-order valence-electron chi connectivity index (χ3n) is 2.33.